The van der Waals surface area contributed by atoms with Crippen LogP contribution < -0.4 is 0 Å². The number of hydrogen-bond donors (Lipinski definition) is 0. The zero-order chi connectivity index (χ0) is 19.4. The van der Waals surface area contributed by atoms with Crippen LogP contribution in [0, 0.1) is 6.92 Å². The minimum Gasteiger partial charge on any atom is -0.302 e. The Bertz CT molecular complexity index is 839. The predicted molar refractivity (Wildman–Crippen MR) is 108 cm³/mol. The number of aromatic nitrogens is 1. The van der Waals surface area contributed by atoms with Gasteiger partial charge in [0.15, 0.2) is 0 Å². The number of rotatable bonds is 9. The molecule has 0 radical (unpaired) electrons. The maximum absolute atomic E-state index is 13.1. The Labute approximate surface area is 161 Å². The first-order valence-corrected chi connectivity index (χ1v) is 10.1. The summed E-state index contributed by atoms with van der Waals surface area (Å²) in [5, 5.41) is 0.771. The molecule has 0 spiro atoms. The molecule has 0 bridgehead atoms. The molecule has 0 unspecified atom stereocenters. The highest BCUT2D eigenvalue weighted by Crippen LogP contribution is 2.31. The van der Waals surface area contributed by atoms with Crippen molar-refractivity contribution in [3.63, 3.8) is 0 Å². The summed E-state index contributed by atoms with van der Waals surface area (Å²) in [5.74, 6) is -0.376. The van der Waals surface area contributed by atoms with Crippen molar-refractivity contribution in [3.05, 3.63) is 41.1 Å². The van der Waals surface area contributed by atoms with Crippen molar-refractivity contribution in [1.29, 1.82) is 0 Å². The number of benzene rings is 1. The van der Waals surface area contributed by atoms with E-state index in [2.05, 4.69) is 23.7 Å². The molecule has 2 heterocycles. The van der Waals surface area contributed by atoms with E-state index in [-0.39, 0.29) is 11.8 Å². The highest BCUT2D eigenvalue weighted by molar-refractivity contribution is 6.26. The number of carbonyl (C=O) groups excluding carboxylic acids is 2. The third-order valence-corrected chi connectivity index (χ3v) is 5.29. The van der Waals surface area contributed by atoms with E-state index in [9.17, 15) is 9.59 Å². The molecular weight excluding hydrogens is 338 g/mol. The van der Waals surface area contributed by atoms with Crippen LogP contribution in [0.1, 0.15) is 65.9 Å². The number of fused-ring (bicyclic) bond motifs is 3. The van der Waals surface area contributed by atoms with E-state index in [1.54, 1.807) is 0 Å². The number of nitrogens with zero attached hydrogens (tertiary/aromatic N) is 3. The van der Waals surface area contributed by atoms with Crippen molar-refractivity contribution in [1.82, 2.24) is 14.8 Å². The Morgan fingerprint density at radius 3 is 2.22 bits per heavy atom. The SMILES string of the molecule is CCCCN(CCCC)CCN1C(=O)c2c(C)nc3ccccc3c2C1=O. The summed E-state index contributed by atoms with van der Waals surface area (Å²) in [6, 6.07) is 7.56. The van der Waals surface area contributed by atoms with Crippen LogP contribution in [0.4, 0.5) is 0 Å². The van der Waals surface area contributed by atoms with Gasteiger partial charge in [-0.3, -0.25) is 19.5 Å². The molecule has 1 aliphatic heterocycles. The van der Waals surface area contributed by atoms with Crippen LogP contribution in [0.25, 0.3) is 10.9 Å². The smallest absolute Gasteiger partial charge is 0.263 e. The maximum atomic E-state index is 13.1. The summed E-state index contributed by atoms with van der Waals surface area (Å²) in [7, 11) is 0. The van der Waals surface area contributed by atoms with Crippen molar-refractivity contribution >= 4 is 22.7 Å². The summed E-state index contributed by atoms with van der Waals surface area (Å²) in [4.78, 5) is 34.4. The van der Waals surface area contributed by atoms with Gasteiger partial charge in [-0.2, -0.15) is 0 Å². The summed E-state index contributed by atoms with van der Waals surface area (Å²) < 4.78 is 0. The van der Waals surface area contributed by atoms with Gasteiger partial charge in [0.05, 0.1) is 22.3 Å². The van der Waals surface area contributed by atoms with Crippen molar-refractivity contribution in [3.8, 4) is 0 Å². The van der Waals surface area contributed by atoms with E-state index in [0.29, 0.717) is 23.4 Å². The average molecular weight is 367 g/mol. The fraction of sp³-hybridized carbons (Fsp3) is 0.500. The lowest BCUT2D eigenvalue weighted by Crippen LogP contribution is -2.39. The van der Waals surface area contributed by atoms with E-state index in [0.717, 1.165) is 56.2 Å². The summed E-state index contributed by atoms with van der Waals surface area (Å²) in [6.45, 7) is 9.39. The number of para-hydroxylation sites is 1. The second kappa shape index (κ2) is 8.61. The number of unbranched alkanes of at least 4 members (excludes halogenated alkanes) is 2. The monoisotopic (exact) mass is 367 g/mol. The number of pyridine rings is 1. The van der Waals surface area contributed by atoms with E-state index in [1.165, 1.54) is 4.90 Å². The fourth-order valence-electron chi connectivity index (χ4n) is 3.72. The van der Waals surface area contributed by atoms with Gasteiger partial charge >= 0.3 is 0 Å². The van der Waals surface area contributed by atoms with Crippen molar-refractivity contribution < 1.29 is 9.59 Å². The normalized spacial score (nSPS) is 13.9. The van der Waals surface area contributed by atoms with Gasteiger partial charge in [0.2, 0.25) is 0 Å². The first kappa shape index (κ1) is 19.5. The quantitative estimate of drug-likeness (QED) is 0.628. The molecular formula is C22H29N3O2. The largest absolute Gasteiger partial charge is 0.302 e. The molecule has 0 N–H and O–H groups in total. The van der Waals surface area contributed by atoms with Crippen LogP contribution in [-0.2, 0) is 0 Å². The Morgan fingerprint density at radius 1 is 0.926 bits per heavy atom. The molecule has 5 heteroatoms. The number of carbonyl (C=O) groups is 2. The third-order valence-electron chi connectivity index (χ3n) is 5.29. The average Bonchev–Trinajstić information content (AvgIpc) is 2.93. The van der Waals surface area contributed by atoms with Crippen LogP contribution in [0.15, 0.2) is 24.3 Å². The molecule has 0 atom stereocenters. The molecule has 27 heavy (non-hydrogen) atoms. The van der Waals surface area contributed by atoms with Crippen LogP contribution in [0.3, 0.4) is 0 Å². The predicted octanol–water partition coefficient (Wildman–Crippen LogP) is 4.04. The molecule has 1 aromatic carbocycles. The van der Waals surface area contributed by atoms with Gasteiger partial charge in [-0.1, -0.05) is 44.9 Å². The summed E-state index contributed by atoms with van der Waals surface area (Å²) >= 11 is 0. The van der Waals surface area contributed by atoms with Gasteiger partial charge in [-0.25, -0.2) is 0 Å². The molecule has 3 rings (SSSR count). The molecule has 0 saturated carbocycles. The van der Waals surface area contributed by atoms with Gasteiger partial charge in [0.25, 0.3) is 11.8 Å². The number of amides is 2. The second-order valence-corrected chi connectivity index (χ2v) is 7.28. The number of hydrogen-bond acceptors (Lipinski definition) is 4. The van der Waals surface area contributed by atoms with Gasteiger partial charge in [0.1, 0.15) is 0 Å². The first-order valence-electron chi connectivity index (χ1n) is 10.1. The minimum atomic E-state index is -0.198. The van der Waals surface area contributed by atoms with E-state index < -0.39 is 0 Å². The molecule has 1 aliphatic rings. The molecule has 2 aromatic rings. The highest BCUT2D eigenvalue weighted by Gasteiger charge is 2.38. The Morgan fingerprint density at radius 2 is 1.56 bits per heavy atom. The molecule has 0 saturated heterocycles. The van der Waals surface area contributed by atoms with Crippen LogP contribution in [0.2, 0.25) is 0 Å². The minimum absolute atomic E-state index is 0.178. The van der Waals surface area contributed by atoms with E-state index in [4.69, 9.17) is 0 Å². The van der Waals surface area contributed by atoms with E-state index in [1.807, 2.05) is 31.2 Å². The Hall–Kier alpha value is -2.27. The topological polar surface area (TPSA) is 53.5 Å². The Balaban J connectivity index is 1.81. The zero-order valence-corrected chi connectivity index (χ0v) is 16.6. The standard InChI is InChI=1S/C22H29N3O2/c1-4-6-12-24(13-7-5-2)14-15-25-21(26)19-16(3)23-18-11-9-8-10-17(18)20(19)22(25)27/h8-11H,4-7,12-15H2,1-3H3. The van der Waals surface area contributed by atoms with Gasteiger partial charge in [-0.05, 0) is 38.9 Å². The summed E-state index contributed by atoms with van der Waals surface area (Å²) in [5.41, 5.74) is 2.41. The highest BCUT2D eigenvalue weighted by atomic mass is 16.2. The van der Waals surface area contributed by atoms with Crippen molar-refractivity contribution in [2.24, 2.45) is 0 Å². The lowest BCUT2D eigenvalue weighted by Gasteiger charge is -2.24. The van der Waals surface area contributed by atoms with Gasteiger partial charge in [0, 0.05) is 18.5 Å². The lowest BCUT2D eigenvalue weighted by atomic mass is 10.0. The summed E-state index contributed by atoms with van der Waals surface area (Å²) in [6.07, 6.45) is 4.57. The number of imide groups is 1. The molecule has 1 aromatic heterocycles. The third kappa shape index (κ3) is 3.88. The van der Waals surface area contributed by atoms with E-state index >= 15 is 0 Å². The van der Waals surface area contributed by atoms with Crippen molar-refractivity contribution in [2.45, 2.75) is 46.5 Å². The van der Waals surface area contributed by atoms with Crippen LogP contribution >= 0.6 is 0 Å². The van der Waals surface area contributed by atoms with Crippen molar-refractivity contribution in [2.75, 3.05) is 26.2 Å². The molecule has 0 aliphatic carbocycles. The van der Waals surface area contributed by atoms with Crippen LogP contribution in [0.5, 0.6) is 0 Å². The molecule has 2 amide bonds. The number of aryl methyl sites for hydroxylation is 1. The maximum Gasteiger partial charge on any atom is 0.263 e. The second-order valence-electron chi connectivity index (χ2n) is 7.28. The first-order chi connectivity index (χ1) is 13.1. The molecule has 0 fully saturated rings. The zero-order valence-electron chi connectivity index (χ0n) is 16.6. The fourth-order valence-corrected chi connectivity index (χ4v) is 3.72. The Kier molecular flexibility index (Phi) is 6.22. The molecule has 5 nitrogen and oxygen atoms in total. The molecule has 144 valence electrons. The lowest BCUT2D eigenvalue weighted by molar-refractivity contribution is 0.0636. The van der Waals surface area contributed by atoms with Gasteiger partial charge in [-0.15, -0.1) is 0 Å². The van der Waals surface area contributed by atoms with Crippen LogP contribution in [-0.4, -0.2) is 52.8 Å². The van der Waals surface area contributed by atoms with Gasteiger partial charge < -0.3 is 4.90 Å².